The van der Waals surface area contributed by atoms with E-state index < -0.39 is 5.97 Å². The van der Waals surface area contributed by atoms with Gasteiger partial charge in [0.1, 0.15) is 0 Å². The Hall–Kier alpha value is -1.00. The molecule has 36 heavy (non-hydrogen) atoms. The summed E-state index contributed by atoms with van der Waals surface area (Å²) >= 11 is 8.03. The van der Waals surface area contributed by atoms with Gasteiger partial charge in [0.2, 0.25) is 0 Å². The van der Waals surface area contributed by atoms with Gasteiger partial charge in [-0.05, 0) is 0 Å². The maximum atomic E-state index is 10.7. The van der Waals surface area contributed by atoms with Crippen LogP contribution in [0.4, 0.5) is 0 Å². The van der Waals surface area contributed by atoms with Crippen LogP contribution in [0.15, 0.2) is 78.0 Å². The summed E-state index contributed by atoms with van der Waals surface area (Å²) in [4.78, 5) is 10.7. The number of carbonyl (C=O) groups is 1. The number of carboxylic acids is 1. The summed E-state index contributed by atoms with van der Waals surface area (Å²) in [5.74, 6) is 2.51. The van der Waals surface area contributed by atoms with E-state index in [4.69, 9.17) is 5.11 Å². The molecule has 0 aliphatic heterocycles. The summed E-state index contributed by atoms with van der Waals surface area (Å²) < 4.78 is 1.14. The third kappa shape index (κ3) is 16.7. The van der Waals surface area contributed by atoms with Crippen molar-refractivity contribution in [1.82, 2.24) is 0 Å². The largest absolute Gasteiger partial charge is 2.00 e. The summed E-state index contributed by atoms with van der Waals surface area (Å²) in [6.45, 7) is 0. The van der Waals surface area contributed by atoms with E-state index in [1.165, 1.54) is 17.6 Å². The summed E-state index contributed by atoms with van der Waals surface area (Å²) in [6, 6.07) is 0. The molecule has 4 rings (SSSR count). The molecule has 6 heteroatoms. The molecule has 1 atom stereocenters. The average Bonchev–Trinajstić information content (AvgIpc) is 3.67. The van der Waals surface area contributed by atoms with Crippen LogP contribution in [0.5, 0.6) is 0 Å². The van der Waals surface area contributed by atoms with Gasteiger partial charge in [-0.2, -0.15) is 12.2 Å². The number of unbranched alkanes of at least 4 members (excludes halogenated alkanes) is 1. The minimum absolute atomic E-state index is 0. The van der Waals surface area contributed by atoms with E-state index in [1.54, 1.807) is 0 Å². The Bertz CT molecular complexity index is 866. The van der Waals surface area contributed by atoms with Crippen molar-refractivity contribution in [3.63, 3.8) is 0 Å². The molecule has 0 aromatic heterocycles. The van der Waals surface area contributed by atoms with Gasteiger partial charge in [0.05, 0.1) is 0 Å². The normalized spacial score (nSPS) is 16.7. The van der Waals surface area contributed by atoms with Crippen molar-refractivity contribution >= 4 is 33.9 Å². The van der Waals surface area contributed by atoms with Crippen molar-refractivity contribution in [3.8, 4) is 0 Å². The molecule has 4 aliphatic carbocycles. The first-order chi connectivity index (χ1) is 17.1. The van der Waals surface area contributed by atoms with E-state index in [9.17, 15) is 4.79 Å². The van der Waals surface area contributed by atoms with Crippen LogP contribution in [0.25, 0.3) is 0 Å². The number of hydrogen-bond acceptors (Lipinski definition) is 3. The molecule has 0 saturated heterocycles. The van der Waals surface area contributed by atoms with E-state index in [0.29, 0.717) is 5.25 Å². The summed E-state index contributed by atoms with van der Waals surface area (Å²) in [5.41, 5.74) is 2.65. The standard InChI is InChI=1S/C20H25O2S2.2C5H5.2Fe/c21-20(22)12-6-5-11-19(24-16-18-9-3-4-10-18)13-14-23-15-17-7-1-2-8-17;2*1-2-4-5-3-1;;/h1-3,7,9,19H,4-6,11-16H2,(H,21,22);1-2,5H,3H2;1-3H,4H2;;/q3*-1;+1;+2. The zero-order chi connectivity index (χ0) is 25.0. The van der Waals surface area contributed by atoms with E-state index in [1.807, 2.05) is 47.8 Å². The third-order valence-electron chi connectivity index (χ3n) is 5.26. The first-order valence-electron chi connectivity index (χ1n) is 12.2. The number of aliphatic carboxylic acids is 1. The van der Waals surface area contributed by atoms with E-state index in [0.717, 1.165) is 60.2 Å². The SMILES string of the molecule is O=C(O)CCCCC(CCSCC1=CC=C[C]1=[Fe+])SCC1=[C-]CC=C1.[C-]1=CC=CC1.[C-]1=CCC=C1.[Fe+2]. The number of allylic oxidation sites excluding steroid dienone is 14. The molecular formula is C30H35Fe2O2S2. The number of thioether (sulfide) groups is 2. The zero-order valence-electron chi connectivity index (χ0n) is 20.6. The van der Waals surface area contributed by atoms with Gasteiger partial charge in [-0.15, -0.1) is 12.8 Å². The fraction of sp³-hybridized carbons (Fsp3) is 0.400. The maximum Gasteiger partial charge on any atom is 2.00 e. The van der Waals surface area contributed by atoms with E-state index in [-0.39, 0.29) is 23.5 Å². The second-order valence-corrected chi connectivity index (χ2v) is 11.1. The second-order valence-electron chi connectivity index (χ2n) is 8.12. The zero-order valence-corrected chi connectivity index (χ0v) is 24.4. The van der Waals surface area contributed by atoms with Crippen molar-refractivity contribution in [2.24, 2.45) is 0 Å². The van der Waals surface area contributed by atoms with Crippen molar-refractivity contribution in [2.75, 3.05) is 17.3 Å². The van der Waals surface area contributed by atoms with Gasteiger partial charge in [-0.25, -0.2) is 24.3 Å². The minimum atomic E-state index is -0.686. The van der Waals surface area contributed by atoms with Gasteiger partial charge in [-0.1, -0.05) is 0 Å². The van der Waals surface area contributed by atoms with Crippen molar-refractivity contribution in [1.29, 1.82) is 0 Å². The molecule has 0 amide bonds. The Morgan fingerprint density at radius 2 is 1.97 bits per heavy atom. The molecule has 0 bridgehead atoms. The fourth-order valence-corrected chi connectivity index (χ4v) is 6.20. The van der Waals surface area contributed by atoms with Crippen molar-refractivity contribution < 1.29 is 42.5 Å². The molecule has 1 unspecified atom stereocenters. The Morgan fingerprint density at radius 3 is 2.50 bits per heavy atom. The number of carboxylic acid groups (broad SMARTS) is 1. The van der Waals surface area contributed by atoms with Crippen LogP contribution in [0, 0.1) is 18.2 Å². The first-order valence-corrected chi connectivity index (χ1v) is 14.9. The molecule has 2 nitrogen and oxygen atoms in total. The average molecular weight is 603 g/mol. The van der Waals surface area contributed by atoms with E-state index in [2.05, 4.69) is 76.3 Å². The summed E-state index contributed by atoms with van der Waals surface area (Å²) in [6.07, 6.45) is 39.3. The summed E-state index contributed by atoms with van der Waals surface area (Å²) in [7, 11) is 0. The molecule has 0 fully saturated rings. The Labute approximate surface area is 245 Å². The summed E-state index contributed by atoms with van der Waals surface area (Å²) in [5, 5.41) is 9.38. The molecule has 0 saturated carbocycles. The predicted octanol–water partition coefficient (Wildman–Crippen LogP) is 7.37. The first kappa shape index (κ1) is 33.0. The van der Waals surface area contributed by atoms with E-state index >= 15 is 0 Å². The van der Waals surface area contributed by atoms with Crippen LogP contribution in [0.1, 0.15) is 51.4 Å². The van der Waals surface area contributed by atoms with Gasteiger partial charge in [0, 0.05) is 0 Å². The molecule has 4 aliphatic rings. The third-order valence-corrected chi connectivity index (χ3v) is 8.25. The van der Waals surface area contributed by atoms with Crippen LogP contribution in [-0.2, 0) is 37.4 Å². The maximum absolute atomic E-state index is 10.7. The van der Waals surface area contributed by atoms with Gasteiger partial charge in [0.15, 0.2) is 0 Å². The smallest absolute Gasteiger partial charge is 0.273 e. The van der Waals surface area contributed by atoms with Crippen LogP contribution in [0.3, 0.4) is 0 Å². The quantitative estimate of drug-likeness (QED) is 0.136. The molecule has 0 aromatic rings. The molecular weight excluding hydrogens is 568 g/mol. The van der Waals surface area contributed by atoms with Gasteiger partial charge < -0.3 is 5.11 Å². The Morgan fingerprint density at radius 1 is 1.08 bits per heavy atom. The van der Waals surface area contributed by atoms with Crippen molar-refractivity contribution in [3.05, 3.63) is 96.2 Å². The monoisotopic (exact) mass is 603 g/mol. The van der Waals surface area contributed by atoms with Crippen LogP contribution in [-0.4, -0.2) is 38.0 Å². The topological polar surface area (TPSA) is 37.3 Å². The van der Waals surface area contributed by atoms with Crippen LogP contribution >= 0.6 is 23.5 Å². The molecule has 0 aromatic carbocycles. The van der Waals surface area contributed by atoms with Gasteiger partial charge in [-0.3, -0.25) is 16.9 Å². The molecule has 0 spiro atoms. The Balaban J connectivity index is 0.000000484. The Kier molecular flexibility index (Phi) is 20.2. The molecule has 0 radical (unpaired) electrons. The number of rotatable bonds is 13. The van der Waals surface area contributed by atoms with Gasteiger partial charge in [0.25, 0.3) is 0 Å². The van der Waals surface area contributed by atoms with Crippen LogP contribution < -0.4 is 0 Å². The predicted molar refractivity (Wildman–Crippen MR) is 150 cm³/mol. The molecule has 0 heterocycles. The molecule has 195 valence electrons. The van der Waals surface area contributed by atoms with Gasteiger partial charge >= 0.3 is 175 Å². The molecule has 1 N–H and O–H groups in total. The van der Waals surface area contributed by atoms with Crippen LogP contribution in [0.2, 0.25) is 0 Å². The minimum Gasteiger partial charge on any atom is -0.273 e. The fourth-order valence-electron chi connectivity index (χ4n) is 3.34. The van der Waals surface area contributed by atoms with Crippen molar-refractivity contribution in [2.45, 2.75) is 56.6 Å². The number of hydrogen-bond donors (Lipinski definition) is 1. The second kappa shape index (κ2) is 22.0.